The van der Waals surface area contributed by atoms with Crippen LogP contribution in [0.2, 0.25) is 0 Å². The van der Waals surface area contributed by atoms with E-state index in [4.69, 9.17) is 9.47 Å². The van der Waals surface area contributed by atoms with Crippen molar-refractivity contribution in [1.82, 2.24) is 0 Å². The Balaban J connectivity index is 4.11. The molecule has 122 valence electrons. The van der Waals surface area contributed by atoms with Crippen molar-refractivity contribution in [2.45, 2.75) is 98.2 Å². The fourth-order valence-corrected chi connectivity index (χ4v) is 2.42. The summed E-state index contributed by atoms with van der Waals surface area (Å²) in [4.78, 5) is 0. The number of unbranched alkanes of at least 4 members (excludes halogenated alkanes) is 5. The zero-order chi connectivity index (χ0) is 15.1. The van der Waals surface area contributed by atoms with Crippen molar-refractivity contribution in [1.29, 1.82) is 0 Å². The Morgan fingerprint density at radius 2 is 1.15 bits per heavy atom. The molecule has 1 unspecified atom stereocenters. The summed E-state index contributed by atoms with van der Waals surface area (Å²) in [7, 11) is 0. The fraction of sp³-hybridized carbons (Fsp3) is 1.00. The summed E-state index contributed by atoms with van der Waals surface area (Å²) in [6, 6.07) is 0. The van der Waals surface area contributed by atoms with E-state index >= 15 is 0 Å². The lowest BCUT2D eigenvalue weighted by molar-refractivity contribution is -0.175. The monoisotopic (exact) mass is 286 g/mol. The molecule has 0 rings (SSSR count). The van der Waals surface area contributed by atoms with E-state index in [1.807, 2.05) is 0 Å². The van der Waals surface area contributed by atoms with Crippen LogP contribution in [-0.2, 0) is 9.47 Å². The maximum absolute atomic E-state index is 6.05. The van der Waals surface area contributed by atoms with Crippen molar-refractivity contribution in [3.8, 4) is 0 Å². The molecule has 0 aromatic heterocycles. The van der Waals surface area contributed by atoms with Crippen molar-refractivity contribution in [3.63, 3.8) is 0 Å². The third-order valence-electron chi connectivity index (χ3n) is 3.90. The summed E-state index contributed by atoms with van der Waals surface area (Å²) in [6.07, 6.45) is 12.3. The minimum Gasteiger partial charge on any atom is -0.352 e. The number of ether oxygens (including phenoxy) is 2. The highest BCUT2D eigenvalue weighted by molar-refractivity contribution is 4.62. The van der Waals surface area contributed by atoms with Crippen LogP contribution >= 0.6 is 0 Å². The molecule has 20 heavy (non-hydrogen) atoms. The molecule has 1 atom stereocenters. The Labute approximate surface area is 127 Å². The first-order valence-electron chi connectivity index (χ1n) is 9.03. The maximum atomic E-state index is 6.05. The molecule has 0 saturated carbocycles. The normalized spacial score (nSPS) is 13.1. The first-order valence-corrected chi connectivity index (χ1v) is 9.03. The smallest absolute Gasteiger partial charge is 0.160 e. The second-order valence-electron chi connectivity index (χ2n) is 5.83. The van der Waals surface area contributed by atoms with E-state index in [9.17, 15) is 0 Å². The Kier molecular flexibility index (Phi) is 15.3. The van der Waals surface area contributed by atoms with Crippen molar-refractivity contribution in [2.75, 3.05) is 13.2 Å². The molecule has 0 spiro atoms. The van der Waals surface area contributed by atoms with Gasteiger partial charge >= 0.3 is 0 Å². The third-order valence-corrected chi connectivity index (χ3v) is 3.90. The molecular formula is C18H38O2. The summed E-state index contributed by atoms with van der Waals surface area (Å²) in [5.74, 6) is 0.568. The van der Waals surface area contributed by atoms with Crippen molar-refractivity contribution in [2.24, 2.45) is 5.92 Å². The molecule has 0 heterocycles. The first-order chi connectivity index (χ1) is 9.79. The van der Waals surface area contributed by atoms with Gasteiger partial charge in [0.2, 0.25) is 0 Å². The molecule has 2 nitrogen and oxygen atoms in total. The maximum Gasteiger partial charge on any atom is 0.160 e. The van der Waals surface area contributed by atoms with Crippen LogP contribution in [0, 0.1) is 5.92 Å². The van der Waals surface area contributed by atoms with Crippen LogP contribution in [0.1, 0.15) is 91.9 Å². The summed E-state index contributed by atoms with van der Waals surface area (Å²) in [6.45, 7) is 10.7. The van der Waals surface area contributed by atoms with Gasteiger partial charge in [0.1, 0.15) is 0 Å². The van der Waals surface area contributed by atoms with Crippen LogP contribution < -0.4 is 0 Å². The lowest BCUT2D eigenvalue weighted by Gasteiger charge is -2.27. The van der Waals surface area contributed by atoms with Gasteiger partial charge in [0.15, 0.2) is 6.29 Å². The largest absolute Gasteiger partial charge is 0.352 e. The van der Waals surface area contributed by atoms with Crippen LogP contribution in [0.5, 0.6) is 0 Å². The Morgan fingerprint density at radius 1 is 0.650 bits per heavy atom. The summed E-state index contributed by atoms with van der Waals surface area (Å²) in [5, 5.41) is 0. The van der Waals surface area contributed by atoms with E-state index in [0.717, 1.165) is 32.5 Å². The lowest BCUT2D eigenvalue weighted by atomic mass is 9.98. The van der Waals surface area contributed by atoms with Crippen LogP contribution in [0.4, 0.5) is 0 Å². The van der Waals surface area contributed by atoms with E-state index in [2.05, 4.69) is 27.7 Å². The van der Waals surface area contributed by atoms with Gasteiger partial charge in [-0.1, -0.05) is 66.2 Å². The van der Waals surface area contributed by atoms with Crippen LogP contribution in [-0.4, -0.2) is 19.5 Å². The fourth-order valence-electron chi connectivity index (χ4n) is 2.42. The van der Waals surface area contributed by atoms with Crippen molar-refractivity contribution < 1.29 is 9.47 Å². The topological polar surface area (TPSA) is 18.5 Å². The van der Waals surface area contributed by atoms with Gasteiger partial charge in [-0.25, -0.2) is 0 Å². The molecule has 0 fully saturated rings. The second-order valence-corrected chi connectivity index (χ2v) is 5.83. The Bertz CT molecular complexity index is 170. The zero-order valence-corrected chi connectivity index (χ0v) is 14.5. The first kappa shape index (κ1) is 19.9. The molecule has 0 N–H and O–H groups in total. The molecule has 2 heteroatoms. The Hall–Kier alpha value is -0.0800. The molecule has 0 aromatic carbocycles. The average molecular weight is 286 g/mol. The van der Waals surface area contributed by atoms with Gasteiger partial charge < -0.3 is 9.47 Å². The molecule has 0 aromatic rings. The van der Waals surface area contributed by atoms with Crippen LogP contribution in [0.3, 0.4) is 0 Å². The summed E-state index contributed by atoms with van der Waals surface area (Å²) < 4.78 is 12.1. The van der Waals surface area contributed by atoms with Crippen molar-refractivity contribution >= 4 is 0 Å². The van der Waals surface area contributed by atoms with Gasteiger partial charge in [-0.3, -0.25) is 0 Å². The molecule has 0 aliphatic heterocycles. The molecule has 0 bridgehead atoms. The number of hydrogen-bond donors (Lipinski definition) is 0. The predicted octanol–water partition coefficient (Wildman–Crippen LogP) is 5.94. The highest BCUT2D eigenvalue weighted by Crippen LogP contribution is 2.21. The highest BCUT2D eigenvalue weighted by Gasteiger charge is 2.20. The average Bonchev–Trinajstić information content (AvgIpc) is 2.47. The zero-order valence-electron chi connectivity index (χ0n) is 14.5. The molecule has 0 radical (unpaired) electrons. The minimum atomic E-state index is 0.0280. The van der Waals surface area contributed by atoms with E-state index in [-0.39, 0.29) is 6.29 Å². The molecule has 0 aliphatic carbocycles. The quantitative estimate of drug-likeness (QED) is 0.274. The second kappa shape index (κ2) is 15.3. The molecule has 0 amide bonds. The summed E-state index contributed by atoms with van der Waals surface area (Å²) >= 11 is 0. The van der Waals surface area contributed by atoms with Gasteiger partial charge in [-0.15, -0.1) is 0 Å². The number of hydrogen-bond acceptors (Lipinski definition) is 2. The van der Waals surface area contributed by atoms with Crippen LogP contribution in [0.25, 0.3) is 0 Å². The van der Waals surface area contributed by atoms with Gasteiger partial charge in [-0.05, 0) is 25.7 Å². The van der Waals surface area contributed by atoms with Crippen molar-refractivity contribution in [3.05, 3.63) is 0 Å². The third kappa shape index (κ3) is 10.7. The predicted molar refractivity (Wildman–Crippen MR) is 88.0 cm³/mol. The van der Waals surface area contributed by atoms with Gasteiger partial charge in [0, 0.05) is 19.1 Å². The van der Waals surface area contributed by atoms with Gasteiger partial charge in [0.05, 0.1) is 0 Å². The number of rotatable bonds is 15. The molecule has 0 saturated heterocycles. The standard InChI is InChI=1S/C18H38O2/c1-5-9-12-15-19-18(20-16-13-10-6-2)17(8-4)14-11-7-3/h17-18H,5-16H2,1-4H3. The van der Waals surface area contributed by atoms with Gasteiger partial charge in [-0.2, -0.15) is 0 Å². The van der Waals surface area contributed by atoms with Crippen LogP contribution in [0.15, 0.2) is 0 Å². The minimum absolute atomic E-state index is 0.0280. The lowest BCUT2D eigenvalue weighted by Crippen LogP contribution is -2.28. The van der Waals surface area contributed by atoms with E-state index in [1.165, 1.54) is 44.9 Å². The van der Waals surface area contributed by atoms with E-state index in [0.29, 0.717) is 5.92 Å². The highest BCUT2D eigenvalue weighted by atomic mass is 16.7. The molecule has 0 aliphatic rings. The SMILES string of the molecule is CCCCCOC(OCCCCC)C(CC)CCCC. The Morgan fingerprint density at radius 3 is 1.55 bits per heavy atom. The van der Waals surface area contributed by atoms with E-state index < -0.39 is 0 Å². The van der Waals surface area contributed by atoms with Gasteiger partial charge in [0.25, 0.3) is 0 Å². The summed E-state index contributed by atoms with van der Waals surface area (Å²) in [5.41, 5.74) is 0. The van der Waals surface area contributed by atoms with E-state index in [1.54, 1.807) is 0 Å². The molecular weight excluding hydrogens is 248 g/mol.